The van der Waals surface area contributed by atoms with Crippen LogP contribution in [0, 0.1) is 17.8 Å². The molecule has 0 aliphatic heterocycles. The average Bonchev–Trinajstić information content (AvgIpc) is 3.84. The Balaban J connectivity index is 1.54. The van der Waals surface area contributed by atoms with Crippen LogP contribution in [0.4, 0.5) is 0 Å². The summed E-state index contributed by atoms with van der Waals surface area (Å²) in [6.45, 7) is 6.29. The number of amides is 2. The Morgan fingerprint density at radius 1 is 1.06 bits per heavy atom. The molecular formula is C36H41N3O8. The standard InChI is InChI=1S/C36H41N3O8/c1-35(2,3)20-10-8-16(9-11-20)21-13-19(15-38-34(46)17-6-7-17)28(40)25-22(21)12-18-14-23-27(39(4)5)30(42)26(33(37)45)32(44)36(23,47)31(43)24(18)29(25)41/h8-11,13,17-18,23,27,40-41,44,47H,6-7,12,14-15H2,1-5H3,(H2,37,45)(H,38,46)/t18-,23-,27?,36-/m1/s1. The Labute approximate surface area is 272 Å². The first-order valence-electron chi connectivity index (χ1n) is 15.9. The van der Waals surface area contributed by atoms with Gasteiger partial charge in [-0.2, -0.15) is 0 Å². The highest BCUT2D eigenvalue weighted by molar-refractivity contribution is 6.24. The fraction of sp³-hybridized carbons (Fsp3) is 0.444. The summed E-state index contributed by atoms with van der Waals surface area (Å²) in [4.78, 5) is 54.0. The van der Waals surface area contributed by atoms with Crippen molar-refractivity contribution in [3.63, 3.8) is 0 Å². The third kappa shape index (κ3) is 5.03. The number of hydrogen-bond acceptors (Lipinski definition) is 9. The number of rotatable bonds is 6. The third-order valence-corrected chi connectivity index (χ3v) is 10.3. The lowest BCUT2D eigenvalue weighted by Crippen LogP contribution is -2.65. The van der Waals surface area contributed by atoms with Gasteiger partial charge in [-0.05, 0) is 79.4 Å². The Morgan fingerprint density at radius 2 is 1.70 bits per heavy atom. The lowest BCUT2D eigenvalue weighted by Gasteiger charge is -2.50. The molecule has 11 heteroatoms. The second kappa shape index (κ2) is 11.1. The molecule has 2 aromatic rings. The minimum Gasteiger partial charge on any atom is -0.508 e. The van der Waals surface area contributed by atoms with Gasteiger partial charge in [0.25, 0.3) is 5.91 Å². The zero-order valence-corrected chi connectivity index (χ0v) is 27.2. The number of nitrogens with zero attached hydrogens (tertiary/aromatic N) is 1. The first kappa shape index (κ1) is 32.5. The van der Waals surface area contributed by atoms with E-state index in [-0.39, 0.29) is 53.5 Å². The zero-order chi connectivity index (χ0) is 34.3. The monoisotopic (exact) mass is 643 g/mol. The van der Waals surface area contributed by atoms with Crippen LogP contribution in [-0.4, -0.2) is 74.4 Å². The van der Waals surface area contributed by atoms with Crippen LogP contribution >= 0.6 is 0 Å². The van der Waals surface area contributed by atoms with E-state index in [1.807, 2.05) is 24.3 Å². The minimum absolute atomic E-state index is 0.00522. The highest BCUT2D eigenvalue weighted by Crippen LogP contribution is 2.54. The number of benzene rings is 2. The second-order valence-corrected chi connectivity index (χ2v) is 14.6. The number of nitrogens with two attached hydrogens (primary N) is 1. The Kier molecular flexibility index (Phi) is 7.64. The van der Waals surface area contributed by atoms with Gasteiger partial charge in [0, 0.05) is 29.5 Å². The van der Waals surface area contributed by atoms with Crippen LogP contribution in [0.5, 0.6) is 5.75 Å². The number of ketones is 2. The van der Waals surface area contributed by atoms with Gasteiger partial charge in [-0.25, -0.2) is 0 Å². The first-order chi connectivity index (χ1) is 22.0. The third-order valence-electron chi connectivity index (χ3n) is 10.3. The van der Waals surface area contributed by atoms with E-state index in [9.17, 15) is 39.6 Å². The predicted octanol–water partition coefficient (Wildman–Crippen LogP) is 2.95. The minimum atomic E-state index is -2.72. The number of carbonyl (C=O) groups excluding carboxylic acids is 4. The van der Waals surface area contributed by atoms with Gasteiger partial charge in [0.2, 0.25) is 11.7 Å². The van der Waals surface area contributed by atoms with E-state index in [1.54, 1.807) is 20.2 Å². The van der Waals surface area contributed by atoms with E-state index in [0.29, 0.717) is 16.7 Å². The molecule has 0 radical (unpaired) electrons. The van der Waals surface area contributed by atoms with Crippen molar-refractivity contribution in [2.45, 2.75) is 70.1 Å². The summed E-state index contributed by atoms with van der Waals surface area (Å²) < 4.78 is 0. The topological polar surface area (TPSA) is 190 Å². The summed E-state index contributed by atoms with van der Waals surface area (Å²) in [5, 5.41) is 49.4. The summed E-state index contributed by atoms with van der Waals surface area (Å²) in [5.74, 6) is -7.24. The summed E-state index contributed by atoms with van der Waals surface area (Å²) in [6, 6.07) is 8.56. The Bertz CT molecular complexity index is 1800. The van der Waals surface area contributed by atoms with Crippen LogP contribution in [0.3, 0.4) is 0 Å². The summed E-state index contributed by atoms with van der Waals surface area (Å²) in [7, 11) is 3.13. The number of aromatic hydroxyl groups is 1. The molecule has 2 fully saturated rings. The van der Waals surface area contributed by atoms with Crippen molar-refractivity contribution in [2.24, 2.45) is 23.5 Å². The highest BCUT2D eigenvalue weighted by atomic mass is 16.3. The molecule has 0 spiro atoms. The van der Waals surface area contributed by atoms with Crippen molar-refractivity contribution >= 4 is 29.1 Å². The molecule has 0 saturated heterocycles. The molecule has 2 saturated carbocycles. The van der Waals surface area contributed by atoms with Gasteiger partial charge in [0.15, 0.2) is 11.4 Å². The van der Waals surface area contributed by atoms with Gasteiger partial charge in [0.1, 0.15) is 22.8 Å². The molecule has 4 atom stereocenters. The van der Waals surface area contributed by atoms with E-state index in [2.05, 4.69) is 26.1 Å². The van der Waals surface area contributed by atoms with Gasteiger partial charge >= 0.3 is 0 Å². The maximum Gasteiger partial charge on any atom is 0.255 e. The van der Waals surface area contributed by atoms with Crippen molar-refractivity contribution < 1.29 is 39.6 Å². The molecule has 11 nitrogen and oxygen atoms in total. The van der Waals surface area contributed by atoms with E-state index in [0.717, 1.165) is 24.0 Å². The predicted molar refractivity (Wildman–Crippen MR) is 173 cm³/mol. The highest BCUT2D eigenvalue weighted by Gasteiger charge is 2.64. The average molecular weight is 644 g/mol. The van der Waals surface area contributed by atoms with Gasteiger partial charge in [0.05, 0.1) is 11.6 Å². The maximum absolute atomic E-state index is 14.3. The number of carbonyl (C=O) groups is 4. The van der Waals surface area contributed by atoms with Crippen molar-refractivity contribution in [1.82, 2.24) is 10.2 Å². The Hall–Kier alpha value is -4.48. The van der Waals surface area contributed by atoms with E-state index >= 15 is 0 Å². The van der Waals surface area contributed by atoms with Crippen LogP contribution in [0.15, 0.2) is 47.2 Å². The number of phenolic OH excluding ortho intramolecular Hbond substituents is 1. The van der Waals surface area contributed by atoms with E-state index in [4.69, 9.17) is 5.73 Å². The molecular weight excluding hydrogens is 602 g/mol. The molecule has 2 amide bonds. The molecule has 0 heterocycles. The number of fused-ring (bicyclic) bond motifs is 3. The lowest BCUT2D eigenvalue weighted by molar-refractivity contribution is -0.153. The molecule has 248 valence electrons. The molecule has 2 aromatic carbocycles. The molecule has 4 aliphatic rings. The fourth-order valence-electron chi connectivity index (χ4n) is 7.58. The molecule has 47 heavy (non-hydrogen) atoms. The molecule has 0 bridgehead atoms. The van der Waals surface area contributed by atoms with Crippen molar-refractivity contribution in [1.29, 1.82) is 0 Å². The first-order valence-corrected chi connectivity index (χ1v) is 15.9. The smallest absolute Gasteiger partial charge is 0.255 e. The van der Waals surface area contributed by atoms with Crippen LogP contribution in [0.2, 0.25) is 0 Å². The molecule has 0 aromatic heterocycles. The number of aliphatic hydroxyl groups excluding tert-OH is 2. The second-order valence-electron chi connectivity index (χ2n) is 14.6. The normalized spacial score (nSPS) is 25.8. The van der Waals surface area contributed by atoms with Gasteiger partial charge < -0.3 is 31.5 Å². The molecule has 4 aliphatic carbocycles. The van der Waals surface area contributed by atoms with Crippen LogP contribution < -0.4 is 11.1 Å². The number of hydrogen-bond donors (Lipinski definition) is 6. The Morgan fingerprint density at radius 3 is 2.26 bits per heavy atom. The number of nitrogens with one attached hydrogen (secondary N) is 1. The van der Waals surface area contributed by atoms with Gasteiger partial charge in [-0.1, -0.05) is 45.0 Å². The molecule has 1 unspecified atom stereocenters. The van der Waals surface area contributed by atoms with Crippen LogP contribution in [0.1, 0.15) is 62.3 Å². The quantitative estimate of drug-likeness (QED) is 0.257. The fourth-order valence-corrected chi connectivity index (χ4v) is 7.58. The van der Waals surface area contributed by atoms with Crippen LogP contribution in [-0.2, 0) is 37.6 Å². The number of likely N-dealkylation sites (N-methyl/N-ethyl adjacent to an activating group) is 1. The number of phenols is 1. The van der Waals surface area contributed by atoms with Crippen molar-refractivity contribution in [3.8, 4) is 16.9 Å². The maximum atomic E-state index is 14.3. The van der Waals surface area contributed by atoms with Crippen LogP contribution in [0.25, 0.3) is 16.9 Å². The van der Waals surface area contributed by atoms with Gasteiger partial charge in [-0.15, -0.1) is 0 Å². The lowest BCUT2D eigenvalue weighted by atomic mass is 9.57. The van der Waals surface area contributed by atoms with Crippen molar-refractivity contribution in [3.05, 3.63) is 69.5 Å². The number of Topliss-reactive ketones (excluding diaryl/α,β-unsaturated/α-hetero) is 2. The zero-order valence-electron chi connectivity index (χ0n) is 27.2. The summed E-state index contributed by atoms with van der Waals surface area (Å²) >= 11 is 0. The van der Waals surface area contributed by atoms with Gasteiger partial charge in [-0.3, -0.25) is 24.1 Å². The summed E-state index contributed by atoms with van der Waals surface area (Å²) in [6.07, 6.45) is 1.75. The molecule has 7 N–H and O–H groups in total. The van der Waals surface area contributed by atoms with E-state index < -0.39 is 58.0 Å². The SMILES string of the molecule is CN(C)C1C(=O)C(C(N)=O)=C(O)[C@]2(O)C(=O)C3=C(O)c4c(O)c(CNC(=O)C5CC5)cc(-c5ccc(C(C)(C)C)cc5)c4C[C@@H]3C[C@H]12. The number of aliphatic hydroxyl groups is 3. The number of primary amides is 1. The van der Waals surface area contributed by atoms with E-state index in [1.165, 1.54) is 4.90 Å². The summed E-state index contributed by atoms with van der Waals surface area (Å²) in [5.41, 5.74) is 5.00. The van der Waals surface area contributed by atoms with Crippen molar-refractivity contribution in [2.75, 3.05) is 14.1 Å². The largest absolute Gasteiger partial charge is 0.508 e. The molecule has 6 rings (SSSR count).